The molecule has 2 fully saturated rings. The van der Waals surface area contributed by atoms with Crippen molar-refractivity contribution in [2.45, 2.75) is 45.1 Å². The van der Waals surface area contributed by atoms with E-state index in [2.05, 4.69) is 15.6 Å². The van der Waals surface area contributed by atoms with Gasteiger partial charge in [-0.1, -0.05) is 12.8 Å². The van der Waals surface area contributed by atoms with E-state index in [1.165, 1.54) is 30.4 Å². The lowest BCUT2D eigenvalue weighted by molar-refractivity contribution is -0.130. The zero-order chi connectivity index (χ0) is 21.3. The Hall–Kier alpha value is -2.81. The van der Waals surface area contributed by atoms with E-state index in [0.717, 1.165) is 25.7 Å². The van der Waals surface area contributed by atoms with Crippen molar-refractivity contribution in [2.75, 3.05) is 17.2 Å². The van der Waals surface area contributed by atoms with Gasteiger partial charge >= 0.3 is 0 Å². The number of carbonyl (C=O) groups is 3. The molecule has 1 unspecified atom stereocenters. The maximum Gasteiger partial charge on any atom is 0.231 e. The van der Waals surface area contributed by atoms with Gasteiger partial charge in [0.25, 0.3) is 0 Å². The Labute approximate surface area is 177 Å². The molecule has 2 aliphatic rings. The number of rotatable bonds is 5. The lowest BCUT2D eigenvalue weighted by atomic mass is 10.1. The van der Waals surface area contributed by atoms with Crippen LogP contribution >= 0.6 is 11.3 Å². The lowest BCUT2D eigenvalue weighted by Crippen LogP contribution is -2.35. The minimum Gasteiger partial charge on any atom is -0.339 e. The number of hydrogen-bond acceptors (Lipinski definition) is 5. The quantitative estimate of drug-likeness (QED) is 0.758. The number of amides is 3. The maximum atomic E-state index is 14.4. The molecule has 0 bridgehead atoms. The third-order valence-corrected chi connectivity index (χ3v) is 6.35. The van der Waals surface area contributed by atoms with E-state index in [4.69, 9.17) is 0 Å². The summed E-state index contributed by atoms with van der Waals surface area (Å²) in [5.41, 5.74) is 1.05. The molecule has 1 saturated carbocycles. The minimum absolute atomic E-state index is 0.0446. The van der Waals surface area contributed by atoms with Gasteiger partial charge in [-0.2, -0.15) is 0 Å². The Bertz CT molecular complexity index is 986. The molecule has 1 aliphatic heterocycles. The van der Waals surface area contributed by atoms with Crippen LogP contribution in [0.25, 0.3) is 11.3 Å². The average Bonchev–Trinajstić information content (AvgIpc) is 3.42. The summed E-state index contributed by atoms with van der Waals surface area (Å²) in [5, 5.41) is 7.33. The topological polar surface area (TPSA) is 91.4 Å². The van der Waals surface area contributed by atoms with Crippen LogP contribution in [0, 0.1) is 11.7 Å². The molecular formula is C21H23FN4O3S. The zero-order valence-electron chi connectivity index (χ0n) is 16.6. The van der Waals surface area contributed by atoms with Crippen LogP contribution in [0.4, 0.5) is 15.2 Å². The van der Waals surface area contributed by atoms with Crippen molar-refractivity contribution < 1.29 is 18.8 Å². The van der Waals surface area contributed by atoms with Crippen molar-refractivity contribution in [2.24, 2.45) is 5.92 Å². The van der Waals surface area contributed by atoms with Crippen LogP contribution in [-0.4, -0.2) is 40.2 Å². The molecule has 0 spiro atoms. The van der Waals surface area contributed by atoms with Crippen LogP contribution in [0.1, 0.15) is 39.0 Å². The fourth-order valence-corrected chi connectivity index (χ4v) is 4.86. The molecule has 4 rings (SSSR count). The highest BCUT2D eigenvalue weighted by Crippen LogP contribution is 2.31. The van der Waals surface area contributed by atoms with Crippen molar-refractivity contribution in [3.05, 3.63) is 29.4 Å². The van der Waals surface area contributed by atoms with Crippen molar-refractivity contribution in [3.8, 4) is 11.3 Å². The van der Waals surface area contributed by atoms with Gasteiger partial charge < -0.3 is 15.5 Å². The molecule has 1 aliphatic carbocycles. The van der Waals surface area contributed by atoms with Crippen molar-refractivity contribution in [1.82, 2.24) is 9.88 Å². The Balaban J connectivity index is 1.40. The first-order valence-corrected chi connectivity index (χ1v) is 10.9. The van der Waals surface area contributed by atoms with Crippen LogP contribution in [0.2, 0.25) is 0 Å². The summed E-state index contributed by atoms with van der Waals surface area (Å²) in [4.78, 5) is 42.2. The zero-order valence-corrected chi connectivity index (χ0v) is 17.4. The molecule has 30 heavy (non-hydrogen) atoms. The Morgan fingerprint density at radius 2 is 2.00 bits per heavy atom. The van der Waals surface area contributed by atoms with Gasteiger partial charge in [0, 0.05) is 42.6 Å². The van der Waals surface area contributed by atoms with Crippen LogP contribution in [0.5, 0.6) is 0 Å². The monoisotopic (exact) mass is 430 g/mol. The number of likely N-dealkylation sites (tertiary alicyclic amines) is 1. The van der Waals surface area contributed by atoms with Gasteiger partial charge in [0.15, 0.2) is 5.13 Å². The van der Waals surface area contributed by atoms with Gasteiger partial charge in [-0.05, 0) is 31.0 Å². The number of benzene rings is 1. The number of aromatic nitrogens is 1. The summed E-state index contributed by atoms with van der Waals surface area (Å²) in [5.74, 6) is -1.37. The molecule has 7 nitrogen and oxygen atoms in total. The summed E-state index contributed by atoms with van der Waals surface area (Å²) in [6, 6.07) is 4.64. The number of hydrogen-bond donors (Lipinski definition) is 2. The fraction of sp³-hybridized carbons (Fsp3) is 0.429. The second-order valence-electron chi connectivity index (χ2n) is 7.79. The normalized spacial score (nSPS) is 19.3. The number of halogens is 1. The van der Waals surface area contributed by atoms with E-state index < -0.39 is 5.82 Å². The van der Waals surface area contributed by atoms with E-state index in [0.29, 0.717) is 23.1 Å². The molecule has 1 aromatic carbocycles. The van der Waals surface area contributed by atoms with Gasteiger partial charge in [0.2, 0.25) is 17.7 Å². The Morgan fingerprint density at radius 3 is 2.70 bits per heavy atom. The van der Waals surface area contributed by atoms with E-state index >= 15 is 0 Å². The number of carbonyl (C=O) groups excluding carboxylic acids is 3. The SMILES string of the molecule is CC(=O)Nc1ccc(-c2csc(NC(=O)C3CC(=O)N(C4CCCC4)C3)n2)c(F)c1. The van der Waals surface area contributed by atoms with Crippen molar-refractivity contribution >= 4 is 39.9 Å². The molecule has 1 atom stereocenters. The second-order valence-corrected chi connectivity index (χ2v) is 8.65. The highest BCUT2D eigenvalue weighted by molar-refractivity contribution is 7.14. The highest BCUT2D eigenvalue weighted by Gasteiger charge is 2.38. The number of nitrogens with zero attached hydrogens (tertiary/aromatic N) is 2. The first-order chi connectivity index (χ1) is 14.4. The summed E-state index contributed by atoms with van der Waals surface area (Å²) < 4.78 is 14.4. The first-order valence-electron chi connectivity index (χ1n) is 10.0. The molecule has 0 radical (unpaired) electrons. The van der Waals surface area contributed by atoms with Gasteiger partial charge in [-0.25, -0.2) is 9.37 Å². The van der Waals surface area contributed by atoms with Crippen LogP contribution < -0.4 is 10.6 Å². The summed E-state index contributed by atoms with van der Waals surface area (Å²) >= 11 is 1.20. The predicted octanol–water partition coefficient (Wildman–Crippen LogP) is 3.64. The summed E-state index contributed by atoms with van der Waals surface area (Å²) in [7, 11) is 0. The molecule has 158 valence electrons. The third kappa shape index (κ3) is 4.35. The molecule has 3 amide bonds. The molecule has 1 saturated heterocycles. The second kappa shape index (κ2) is 8.51. The predicted molar refractivity (Wildman–Crippen MR) is 113 cm³/mol. The van der Waals surface area contributed by atoms with E-state index in [1.54, 1.807) is 11.4 Å². The molecule has 1 aromatic heterocycles. The van der Waals surface area contributed by atoms with E-state index in [1.807, 2.05) is 4.90 Å². The Kier molecular flexibility index (Phi) is 5.80. The van der Waals surface area contributed by atoms with Crippen LogP contribution in [0.15, 0.2) is 23.6 Å². The standard InChI is InChI=1S/C21H23FN4O3S/c1-12(27)23-14-6-7-16(17(22)9-14)18-11-30-21(24-18)25-20(29)13-8-19(28)26(10-13)15-4-2-3-5-15/h6-7,9,11,13,15H,2-5,8,10H2,1H3,(H,23,27)(H,24,25,29). The van der Waals surface area contributed by atoms with Gasteiger partial charge in [0.05, 0.1) is 11.6 Å². The van der Waals surface area contributed by atoms with Crippen molar-refractivity contribution in [1.29, 1.82) is 0 Å². The first kappa shape index (κ1) is 20.5. The number of nitrogens with one attached hydrogen (secondary N) is 2. The molecule has 9 heteroatoms. The molecule has 2 aromatic rings. The van der Waals surface area contributed by atoms with E-state index in [9.17, 15) is 18.8 Å². The summed E-state index contributed by atoms with van der Waals surface area (Å²) in [6.45, 7) is 1.80. The maximum absolute atomic E-state index is 14.4. The molecule has 2 N–H and O–H groups in total. The van der Waals surface area contributed by atoms with Gasteiger partial charge in [-0.15, -0.1) is 11.3 Å². The third-order valence-electron chi connectivity index (χ3n) is 5.59. The minimum atomic E-state index is -0.516. The largest absolute Gasteiger partial charge is 0.339 e. The molecule has 2 heterocycles. The van der Waals surface area contributed by atoms with E-state index in [-0.39, 0.29) is 41.7 Å². The molecular weight excluding hydrogens is 407 g/mol. The Morgan fingerprint density at radius 1 is 1.23 bits per heavy atom. The highest BCUT2D eigenvalue weighted by atomic mass is 32.1. The fourth-order valence-electron chi connectivity index (χ4n) is 4.14. The number of anilines is 2. The average molecular weight is 431 g/mol. The van der Waals surface area contributed by atoms with Crippen molar-refractivity contribution in [3.63, 3.8) is 0 Å². The van der Waals surface area contributed by atoms with Crippen LogP contribution in [-0.2, 0) is 14.4 Å². The number of thiazole rings is 1. The summed E-state index contributed by atoms with van der Waals surface area (Å²) in [6.07, 6.45) is 4.52. The lowest BCUT2D eigenvalue weighted by Gasteiger charge is -2.23. The van der Waals surface area contributed by atoms with Gasteiger partial charge in [0.1, 0.15) is 5.82 Å². The van der Waals surface area contributed by atoms with Crippen LogP contribution in [0.3, 0.4) is 0 Å². The smallest absolute Gasteiger partial charge is 0.231 e. The van der Waals surface area contributed by atoms with Gasteiger partial charge in [-0.3, -0.25) is 14.4 Å².